The first-order valence-electron chi connectivity index (χ1n) is 8.78. The topological polar surface area (TPSA) is 97.2 Å². The van der Waals surface area contributed by atoms with E-state index in [1.807, 2.05) is 13.0 Å². The molecule has 140 valence electrons. The maximum absolute atomic E-state index is 13.0. The number of carbonyl (C=O) groups is 1. The zero-order chi connectivity index (χ0) is 18.6. The third kappa shape index (κ3) is 3.94. The van der Waals surface area contributed by atoms with E-state index in [2.05, 4.69) is 15.4 Å². The van der Waals surface area contributed by atoms with E-state index < -0.39 is 15.9 Å². The van der Waals surface area contributed by atoms with Gasteiger partial charge in [0.25, 0.3) is 15.9 Å². The Balaban J connectivity index is 1.84. The van der Waals surface area contributed by atoms with Gasteiger partial charge >= 0.3 is 0 Å². The third-order valence-corrected chi connectivity index (χ3v) is 6.19. The normalized spacial score (nSPS) is 15.7. The highest BCUT2D eigenvalue weighted by Crippen LogP contribution is 2.22. The minimum Gasteiger partial charge on any atom is -0.346 e. The van der Waals surface area contributed by atoms with Crippen molar-refractivity contribution in [1.82, 2.24) is 24.4 Å². The van der Waals surface area contributed by atoms with E-state index >= 15 is 0 Å². The summed E-state index contributed by atoms with van der Waals surface area (Å²) in [5, 5.41) is 6.73. The third-order valence-electron chi connectivity index (χ3n) is 4.35. The fourth-order valence-corrected chi connectivity index (χ4v) is 4.52. The molecule has 1 amide bonds. The smallest absolute Gasteiger partial charge is 0.263 e. The van der Waals surface area contributed by atoms with Gasteiger partial charge in [0.15, 0.2) is 0 Å². The first-order valence-corrected chi connectivity index (χ1v) is 10.2. The molecule has 0 bridgehead atoms. The van der Waals surface area contributed by atoms with Gasteiger partial charge in [-0.15, -0.1) is 0 Å². The van der Waals surface area contributed by atoms with Crippen molar-refractivity contribution in [3.63, 3.8) is 0 Å². The van der Waals surface area contributed by atoms with Crippen molar-refractivity contribution in [2.45, 2.75) is 44.3 Å². The van der Waals surface area contributed by atoms with Gasteiger partial charge in [-0.05, 0) is 31.9 Å². The first-order chi connectivity index (χ1) is 12.5. The van der Waals surface area contributed by atoms with Crippen LogP contribution in [0.3, 0.4) is 0 Å². The molecule has 1 saturated heterocycles. The lowest BCUT2D eigenvalue weighted by atomic mass is 10.2. The summed E-state index contributed by atoms with van der Waals surface area (Å²) < 4.78 is 28.9. The fraction of sp³-hybridized carbons (Fsp3) is 0.471. The van der Waals surface area contributed by atoms with Crippen LogP contribution < -0.4 is 5.32 Å². The van der Waals surface area contributed by atoms with Crippen LogP contribution in [0.25, 0.3) is 0 Å². The molecule has 2 aromatic rings. The second-order valence-electron chi connectivity index (χ2n) is 6.17. The summed E-state index contributed by atoms with van der Waals surface area (Å²) in [6, 6.07) is 5.41. The minimum absolute atomic E-state index is 0.0772. The second-order valence-corrected chi connectivity index (χ2v) is 8.03. The molecular weight excluding hydrogens is 354 g/mol. The predicted octanol–water partition coefficient (Wildman–Crippen LogP) is 1.40. The molecule has 0 atom stereocenters. The number of pyridine rings is 1. The molecule has 2 aromatic heterocycles. The minimum atomic E-state index is -3.78. The van der Waals surface area contributed by atoms with Crippen molar-refractivity contribution < 1.29 is 13.2 Å². The maximum Gasteiger partial charge on any atom is 0.263 e. The van der Waals surface area contributed by atoms with Crippen molar-refractivity contribution >= 4 is 15.9 Å². The summed E-state index contributed by atoms with van der Waals surface area (Å²) in [5.41, 5.74) is 0.775. The number of piperidine rings is 1. The summed E-state index contributed by atoms with van der Waals surface area (Å²) in [5.74, 6) is -0.467. The number of nitrogens with zero attached hydrogens (tertiary/aromatic N) is 4. The molecule has 8 nitrogen and oxygen atoms in total. The van der Waals surface area contributed by atoms with Gasteiger partial charge in [-0.2, -0.15) is 9.40 Å². The van der Waals surface area contributed by atoms with Gasteiger partial charge in [0.2, 0.25) is 5.03 Å². The molecule has 26 heavy (non-hydrogen) atoms. The number of aromatic nitrogens is 3. The average molecular weight is 377 g/mol. The molecule has 0 aliphatic carbocycles. The number of hydrogen-bond acceptors (Lipinski definition) is 5. The van der Waals surface area contributed by atoms with E-state index in [9.17, 15) is 13.2 Å². The molecule has 0 saturated carbocycles. The number of aryl methyl sites for hydroxylation is 1. The highest BCUT2D eigenvalue weighted by Gasteiger charge is 2.33. The molecule has 0 spiro atoms. The van der Waals surface area contributed by atoms with E-state index in [0.29, 0.717) is 25.3 Å². The Morgan fingerprint density at radius 3 is 2.65 bits per heavy atom. The van der Waals surface area contributed by atoms with Gasteiger partial charge in [0.1, 0.15) is 0 Å². The van der Waals surface area contributed by atoms with E-state index in [1.54, 1.807) is 18.3 Å². The van der Waals surface area contributed by atoms with Crippen molar-refractivity contribution in [3.05, 3.63) is 41.9 Å². The lowest BCUT2D eigenvalue weighted by molar-refractivity contribution is 0.0947. The molecule has 0 radical (unpaired) electrons. The molecule has 9 heteroatoms. The molecule has 3 heterocycles. The molecule has 1 fully saturated rings. The fourth-order valence-electron chi connectivity index (χ4n) is 2.91. The Bertz CT molecular complexity index is 858. The van der Waals surface area contributed by atoms with Crippen LogP contribution in [-0.2, 0) is 23.1 Å². The van der Waals surface area contributed by atoms with E-state index in [-0.39, 0.29) is 17.1 Å². The van der Waals surface area contributed by atoms with Gasteiger partial charge in [-0.3, -0.25) is 14.5 Å². The highest BCUT2D eigenvalue weighted by molar-refractivity contribution is 7.89. The van der Waals surface area contributed by atoms with Gasteiger partial charge in [-0.25, -0.2) is 8.42 Å². The summed E-state index contributed by atoms with van der Waals surface area (Å²) in [6.45, 7) is 3.49. The Morgan fingerprint density at radius 1 is 1.23 bits per heavy atom. The van der Waals surface area contributed by atoms with E-state index in [1.165, 1.54) is 15.2 Å². The van der Waals surface area contributed by atoms with Crippen LogP contribution in [0, 0.1) is 0 Å². The Kier molecular flexibility index (Phi) is 5.67. The number of sulfonamides is 1. The van der Waals surface area contributed by atoms with Crippen LogP contribution in [-0.4, -0.2) is 46.5 Å². The Morgan fingerprint density at radius 2 is 2.00 bits per heavy atom. The van der Waals surface area contributed by atoms with Crippen LogP contribution in [0.15, 0.2) is 35.6 Å². The molecule has 3 rings (SSSR count). The number of hydrogen-bond donors (Lipinski definition) is 1. The number of carbonyl (C=O) groups excluding carboxylic acids is 1. The van der Waals surface area contributed by atoms with Crippen molar-refractivity contribution in [2.24, 2.45) is 0 Å². The summed E-state index contributed by atoms with van der Waals surface area (Å²) in [4.78, 5) is 16.8. The quantitative estimate of drug-likeness (QED) is 0.821. The van der Waals surface area contributed by atoms with Gasteiger partial charge in [0, 0.05) is 32.0 Å². The number of nitrogens with one attached hydrogen (secondary N) is 1. The molecule has 0 unspecified atom stereocenters. The van der Waals surface area contributed by atoms with Gasteiger partial charge in [0.05, 0.1) is 17.8 Å². The molecule has 1 aliphatic heterocycles. The second kappa shape index (κ2) is 7.96. The molecule has 1 N–H and O–H groups in total. The molecule has 1 aliphatic rings. The predicted molar refractivity (Wildman–Crippen MR) is 95.9 cm³/mol. The molecular formula is C17H23N5O3S. The average Bonchev–Trinajstić information content (AvgIpc) is 3.13. The Labute approximate surface area is 153 Å². The Hall–Kier alpha value is -2.26. The van der Waals surface area contributed by atoms with Crippen molar-refractivity contribution in [2.75, 3.05) is 13.1 Å². The lowest BCUT2D eigenvalue weighted by Gasteiger charge is -2.25. The monoisotopic (exact) mass is 377 g/mol. The maximum atomic E-state index is 13.0. The van der Waals surface area contributed by atoms with Crippen LogP contribution in [0.4, 0.5) is 0 Å². The van der Waals surface area contributed by atoms with Crippen LogP contribution in [0.5, 0.6) is 0 Å². The van der Waals surface area contributed by atoms with Crippen LogP contribution >= 0.6 is 0 Å². The van der Waals surface area contributed by atoms with Crippen molar-refractivity contribution in [3.8, 4) is 0 Å². The van der Waals surface area contributed by atoms with Crippen LogP contribution in [0.2, 0.25) is 0 Å². The number of amides is 1. The standard InChI is InChI=1S/C17H23N5O3S/c1-2-21-13-15(16(23)19-12-14-8-4-5-9-18-14)17(20-21)26(24,25)22-10-6-3-7-11-22/h4-5,8-9,13H,2-3,6-7,10-12H2,1H3,(H,19,23). The van der Waals surface area contributed by atoms with Gasteiger partial charge in [-0.1, -0.05) is 12.5 Å². The molecule has 0 aromatic carbocycles. The summed E-state index contributed by atoms with van der Waals surface area (Å²) in [6.07, 6.45) is 5.81. The van der Waals surface area contributed by atoms with E-state index in [4.69, 9.17) is 0 Å². The van der Waals surface area contributed by atoms with Gasteiger partial charge < -0.3 is 5.32 Å². The van der Waals surface area contributed by atoms with Crippen LogP contribution in [0.1, 0.15) is 42.2 Å². The van der Waals surface area contributed by atoms with E-state index in [0.717, 1.165) is 19.3 Å². The van der Waals surface area contributed by atoms with Crippen molar-refractivity contribution in [1.29, 1.82) is 0 Å². The summed E-state index contributed by atoms with van der Waals surface area (Å²) >= 11 is 0. The lowest BCUT2D eigenvalue weighted by Crippen LogP contribution is -2.37. The summed E-state index contributed by atoms with van der Waals surface area (Å²) in [7, 11) is -3.78. The SMILES string of the molecule is CCn1cc(C(=O)NCc2ccccn2)c(S(=O)(=O)N2CCCCC2)n1. The zero-order valence-corrected chi connectivity index (χ0v) is 15.6. The number of rotatable bonds is 6. The highest BCUT2D eigenvalue weighted by atomic mass is 32.2. The first kappa shape index (κ1) is 18.5. The largest absolute Gasteiger partial charge is 0.346 e. The zero-order valence-electron chi connectivity index (χ0n) is 14.8.